The van der Waals surface area contributed by atoms with Crippen molar-refractivity contribution >= 4 is 27.5 Å². The van der Waals surface area contributed by atoms with Gasteiger partial charge in [0.15, 0.2) is 9.84 Å². The second-order valence-electron chi connectivity index (χ2n) is 5.28. The lowest BCUT2D eigenvalue weighted by Gasteiger charge is -2.27. The first-order chi connectivity index (χ1) is 10.8. The van der Waals surface area contributed by atoms with E-state index in [2.05, 4.69) is 20.5 Å². The Morgan fingerprint density at radius 2 is 1.91 bits per heavy atom. The van der Waals surface area contributed by atoms with Gasteiger partial charge in [-0.2, -0.15) is 0 Å². The molecule has 2 aromatic rings. The monoisotopic (exact) mass is 335 g/mol. The van der Waals surface area contributed by atoms with Crippen LogP contribution in [0, 0.1) is 5.92 Å². The average molecular weight is 335 g/mol. The lowest BCUT2D eigenvalue weighted by molar-refractivity contribution is -0.140. The van der Waals surface area contributed by atoms with E-state index in [9.17, 15) is 18.3 Å². The van der Waals surface area contributed by atoms with E-state index in [0.717, 1.165) is 6.26 Å². The Kier molecular flexibility index (Phi) is 3.48. The number of benzene rings is 1. The molecule has 1 N–H and O–H groups in total. The van der Waals surface area contributed by atoms with Crippen LogP contribution in [0.1, 0.15) is 18.5 Å². The molecule has 9 nitrogen and oxygen atoms in total. The van der Waals surface area contributed by atoms with E-state index < -0.39 is 27.8 Å². The molecule has 0 spiro atoms. The molecule has 0 aliphatic carbocycles. The number of carboxylic acids is 1. The Balaban J connectivity index is 2.12. The topological polar surface area (TPSA) is 127 Å². The highest BCUT2D eigenvalue weighted by Crippen LogP contribution is 2.34. The number of nitrogens with zero attached hydrogens (tertiary/aromatic N) is 5. The molecule has 0 saturated heterocycles. The van der Waals surface area contributed by atoms with Gasteiger partial charge in [0.2, 0.25) is 0 Å². The van der Waals surface area contributed by atoms with Crippen LogP contribution in [0.25, 0.3) is 0 Å². The molecule has 1 aliphatic heterocycles. The van der Waals surface area contributed by atoms with Gasteiger partial charge in [0, 0.05) is 12.0 Å². The van der Waals surface area contributed by atoms with Gasteiger partial charge in [0.25, 0.3) is 5.95 Å². The first-order valence-corrected chi connectivity index (χ1v) is 8.54. The highest BCUT2D eigenvalue weighted by molar-refractivity contribution is 7.90. The van der Waals surface area contributed by atoms with Crippen molar-refractivity contribution in [1.82, 2.24) is 20.2 Å². The molecule has 0 radical (unpaired) electrons. The molecule has 1 aromatic heterocycles. The van der Waals surface area contributed by atoms with Crippen LogP contribution in [0.2, 0.25) is 0 Å². The van der Waals surface area contributed by atoms with Crippen LogP contribution in [0.15, 0.2) is 34.2 Å². The number of tetrazole rings is 1. The Morgan fingerprint density at radius 1 is 1.26 bits per heavy atom. The molecule has 0 saturated carbocycles. The van der Waals surface area contributed by atoms with Gasteiger partial charge >= 0.3 is 5.97 Å². The first kappa shape index (κ1) is 15.3. The predicted molar refractivity (Wildman–Crippen MR) is 79.4 cm³/mol. The molecule has 1 aliphatic rings. The van der Waals surface area contributed by atoms with Gasteiger partial charge in [-0.05, 0) is 35.0 Å². The molecular weight excluding hydrogens is 322 g/mol. The molecule has 1 aromatic carbocycles. The molecule has 2 heterocycles. The molecule has 0 bridgehead atoms. The molecule has 23 heavy (non-hydrogen) atoms. The van der Waals surface area contributed by atoms with Gasteiger partial charge in [0.05, 0.1) is 4.90 Å². The fourth-order valence-corrected chi connectivity index (χ4v) is 3.23. The van der Waals surface area contributed by atoms with Crippen molar-refractivity contribution in [2.45, 2.75) is 17.9 Å². The second kappa shape index (κ2) is 5.23. The minimum Gasteiger partial charge on any atom is -0.481 e. The minimum atomic E-state index is -3.33. The molecule has 120 valence electrons. The molecule has 3 rings (SSSR count). The summed E-state index contributed by atoms with van der Waals surface area (Å²) in [5, 5.41) is 20.6. The largest absolute Gasteiger partial charge is 0.481 e. The van der Waals surface area contributed by atoms with E-state index in [1.165, 1.54) is 16.8 Å². The van der Waals surface area contributed by atoms with Crippen LogP contribution >= 0.6 is 0 Å². The number of hydrogen-bond acceptors (Lipinski definition) is 7. The van der Waals surface area contributed by atoms with Crippen molar-refractivity contribution in [3.05, 3.63) is 29.8 Å². The third kappa shape index (κ3) is 2.61. The van der Waals surface area contributed by atoms with Crippen LogP contribution in [0.5, 0.6) is 0 Å². The molecule has 2 atom stereocenters. The zero-order valence-electron chi connectivity index (χ0n) is 12.3. The maximum absolute atomic E-state index is 11.6. The summed E-state index contributed by atoms with van der Waals surface area (Å²) in [6, 6.07) is 5.33. The molecular formula is C13H13N5O4S. The molecule has 2 unspecified atom stereocenters. The predicted octanol–water partition coefficient (Wildman–Crippen LogP) is 0.473. The fourth-order valence-electron chi connectivity index (χ4n) is 2.60. The summed E-state index contributed by atoms with van der Waals surface area (Å²) in [6.45, 7) is 1.61. The number of aliphatic imine (C=N–C) groups is 1. The van der Waals surface area contributed by atoms with Crippen LogP contribution in [-0.4, -0.2) is 51.7 Å². The zero-order chi connectivity index (χ0) is 16.8. The van der Waals surface area contributed by atoms with E-state index in [1.807, 2.05) is 0 Å². The van der Waals surface area contributed by atoms with E-state index in [4.69, 9.17) is 0 Å². The van der Waals surface area contributed by atoms with Gasteiger partial charge in [-0.15, -0.1) is 0 Å². The summed E-state index contributed by atoms with van der Waals surface area (Å²) in [7, 11) is -3.33. The van der Waals surface area contributed by atoms with Crippen molar-refractivity contribution in [1.29, 1.82) is 0 Å². The highest BCUT2D eigenvalue weighted by Gasteiger charge is 2.39. The molecule has 0 amide bonds. The summed E-state index contributed by atoms with van der Waals surface area (Å²) in [4.78, 5) is 15.9. The fraction of sp³-hybridized carbons (Fsp3) is 0.308. The van der Waals surface area contributed by atoms with E-state index >= 15 is 0 Å². The molecule has 0 fully saturated rings. The van der Waals surface area contributed by atoms with Crippen LogP contribution in [-0.2, 0) is 14.6 Å². The summed E-state index contributed by atoms with van der Waals surface area (Å²) < 4.78 is 24.4. The third-order valence-electron chi connectivity index (χ3n) is 3.70. The number of carbonyl (C=O) groups is 1. The summed E-state index contributed by atoms with van der Waals surface area (Å²) in [5.74, 6) is -1.77. The van der Waals surface area contributed by atoms with Crippen molar-refractivity contribution in [3.63, 3.8) is 0 Å². The van der Waals surface area contributed by atoms with Gasteiger partial charge in [0.1, 0.15) is 12.0 Å². The Morgan fingerprint density at radius 3 is 2.48 bits per heavy atom. The van der Waals surface area contributed by atoms with Crippen LogP contribution < -0.4 is 0 Å². The maximum atomic E-state index is 11.6. The van der Waals surface area contributed by atoms with Crippen molar-refractivity contribution in [2.24, 2.45) is 10.9 Å². The van der Waals surface area contributed by atoms with E-state index in [0.29, 0.717) is 11.3 Å². The highest BCUT2D eigenvalue weighted by atomic mass is 32.2. The van der Waals surface area contributed by atoms with Gasteiger partial charge in [-0.25, -0.2) is 18.1 Å². The standard InChI is InChI=1S/C13H13N5O4S/c1-7-10(12(19)20)11(18-13(14-7)15-16-17-18)8-3-5-9(6-4-8)23(2,21)22/h3-6,10-11H,1-2H3,(H,19,20). The SMILES string of the molecule is CC1=Nc2nnnn2C(c2ccc(S(C)(=O)=O)cc2)C1C(=O)O. The lowest BCUT2D eigenvalue weighted by Crippen LogP contribution is -2.35. The minimum absolute atomic E-state index is 0.159. The third-order valence-corrected chi connectivity index (χ3v) is 4.83. The van der Waals surface area contributed by atoms with Crippen molar-refractivity contribution in [3.8, 4) is 0 Å². The van der Waals surface area contributed by atoms with Gasteiger partial charge in [-0.1, -0.05) is 17.2 Å². The Hall–Kier alpha value is -2.62. The number of rotatable bonds is 3. The van der Waals surface area contributed by atoms with Crippen LogP contribution in [0.3, 0.4) is 0 Å². The number of sulfone groups is 1. The van der Waals surface area contributed by atoms with Crippen molar-refractivity contribution in [2.75, 3.05) is 6.26 Å². The Labute approximate surface area is 131 Å². The average Bonchev–Trinajstić information content (AvgIpc) is 2.92. The zero-order valence-corrected chi connectivity index (χ0v) is 13.1. The molecule has 10 heteroatoms. The number of hydrogen-bond donors (Lipinski definition) is 1. The van der Waals surface area contributed by atoms with Gasteiger partial charge in [-0.3, -0.25) is 4.79 Å². The summed E-state index contributed by atoms with van der Waals surface area (Å²) in [5.41, 5.74) is 0.976. The smallest absolute Gasteiger partial charge is 0.314 e. The number of aliphatic carboxylic acids is 1. The van der Waals surface area contributed by atoms with Crippen LogP contribution in [0.4, 0.5) is 5.95 Å². The normalized spacial score (nSPS) is 20.7. The quantitative estimate of drug-likeness (QED) is 0.863. The second-order valence-corrected chi connectivity index (χ2v) is 7.29. The van der Waals surface area contributed by atoms with Gasteiger partial charge < -0.3 is 5.11 Å². The summed E-state index contributed by atoms with van der Waals surface area (Å²) >= 11 is 0. The number of fused-ring (bicyclic) bond motifs is 1. The van der Waals surface area contributed by atoms with Crippen molar-refractivity contribution < 1.29 is 18.3 Å². The number of carboxylic acid groups (broad SMARTS) is 1. The maximum Gasteiger partial charge on any atom is 0.314 e. The van der Waals surface area contributed by atoms with E-state index in [1.54, 1.807) is 19.1 Å². The first-order valence-electron chi connectivity index (χ1n) is 6.65. The van der Waals surface area contributed by atoms with E-state index in [-0.39, 0.29) is 10.8 Å². The lowest BCUT2D eigenvalue weighted by atomic mass is 9.88. The number of aromatic nitrogens is 4. The summed E-state index contributed by atoms with van der Waals surface area (Å²) in [6.07, 6.45) is 1.11. The Bertz CT molecular complexity index is 901.